The van der Waals surface area contributed by atoms with Crippen LogP contribution in [0.1, 0.15) is 12.8 Å². The van der Waals surface area contributed by atoms with Crippen molar-refractivity contribution in [2.45, 2.75) is 103 Å². The third-order valence-electron chi connectivity index (χ3n) is 4.81. The van der Waals surface area contributed by atoms with Crippen LogP contribution < -0.4 is 0 Å². The molecule has 0 amide bonds. The van der Waals surface area contributed by atoms with Gasteiger partial charge in [0.15, 0.2) is 0 Å². The number of rotatable bonds is 11. The van der Waals surface area contributed by atoms with E-state index in [-0.39, 0.29) is 0 Å². The van der Waals surface area contributed by atoms with Gasteiger partial charge in [-0.2, -0.15) is 0 Å². The summed E-state index contributed by atoms with van der Waals surface area (Å²) in [6.07, 6.45) is 6.50. The van der Waals surface area contributed by atoms with E-state index >= 15 is 0 Å². The van der Waals surface area contributed by atoms with Gasteiger partial charge >= 0.3 is 0 Å². The van der Waals surface area contributed by atoms with Gasteiger partial charge < -0.3 is 8.46 Å². The van der Waals surface area contributed by atoms with Gasteiger partial charge in [0.1, 0.15) is 32.9 Å². The van der Waals surface area contributed by atoms with Crippen molar-refractivity contribution in [3.63, 3.8) is 0 Å². The molecule has 0 fully saturated rings. The van der Waals surface area contributed by atoms with Crippen molar-refractivity contribution in [3.8, 4) is 0 Å². The number of nitrogens with zero attached hydrogens (tertiary/aromatic N) is 2. The van der Waals surface area contributed by atoms with Gasteiger partial charge in [-0.15, -0.1) is 13.2 Å². The van der Waals surface area contributed by atoms with Crippen LogP contribution in [-0.2, 0) is 0 Å². The van der Waals surface area contributed by atoms with E-state index in [9.17, 15) is 0 Å². The molecule has 0 aliphatic heterocycles. The minimum Gasteiger partial charge on any atom is -0.342 e. The highest BCUT2D eigenvalue weighted by atomic mass is 28.4. The second-order valence-corrected chi connectivity index (χ2v) is 31.8. The van der Waals surface area contributed by atoms with E-state index in [4.69, 9.17) is 0 Å². The predicted octanol–water partition coefficient (Wildman–Crippen LogP) is 6.82. The highest BCUT2D eigenvalue weighted by Gasteiger charge is 2.47. The van der Waals surface area contributed by atoms with Crippen LogP contribution in [0.5, 0.6) is 0 Å². The van der Waals surface area contributed by atoms with Crippen molar-refractivity contribution in [3.05, 3.63) is 25.3 Å². The fourth-order valence-electron chi connectivity index (χ4n) is 5.21. The maximum atomic E-state index is 4.16. The molecule has 2 unspecified atom stereocenters. The monoisotopic (exact) mass is 428 g/mol. The van der Waals surface area contributed by atoms with E-state index in [0.29, 0.717) is 12.1 Å². The fraction of sp³-hybridized carbons (Fsp3) is 0.800. The normalized spacial score (nSPS) is 16.7. The molecule has 154 valence electrons. The average molecular weight is 429 g/mol. The first-order chi connectivity index (χ1) is 11.4. The Labute approximate surface area is 170 Å². The van der Waals surface area contributed by atoms with Gasteiger partial charge in [-0.3, -0.25) is 0 Å². The molecule has 0 N–H and O–H groups in total. The number of hydrogen-bond donors (Lipinski definition) is 0. The third-order valence-corrected chi connectivity index (χ3v) is 20.0. The van der Waals surface area contributed by atoms with Crippen LogP contribution in [0.4, 0.5) is 0 Å². The Balaban J connectivity index is 6.54. The van der Waals surface area contributed by atoms with Crippen LogP contribution in [-0.4, -0.2) is 53.5 Å². The Bertz CT molecular complexity index is 392. The Morgan fingerprint density at radius 2 is 0.731 bits per heavy atom. The Morgan fingerprint density at radius 1 is 0.538 bits per heavy atom. The summed E-state index contributed by atoms with van der Waals surface area (Å²) in [5.74, 6) is 0. The zero-order chi connectivity index (χ0) is 21.1. The first kappa shape index (κ1) is 26.3. The van der Waals surface area contributed by atoms with Gasteiger partial charge in [0.25, 0.3) is 0 Å². The van der Waals surface area contributed by atoms with Crippen molar-refractivity contribution in [2.24, 2.45) is 0 Å². The standard InChI is InChI=1S/C20H48N2Si4/c1-15-17-19(21(23(3,4)5)24(6,7)8)20(18-16-2)22(25(9,10)11)26(12,13)14/h15-16,19-20H,1-2,17-18H2,3-14H3. The zero-order valence-corrected chi connectivity index (χ0v) is 24.0. The van der Waals surface area contributed by atoms with E-state index in [1.807, 2.05) is 0 Å². The summed E-state index contributed by atoms with van der Waals surface area (Å²) in [6.45, 7) is 38.6. The molecule has 0 heterocycles. The van der Waals surface area contributed by atoms with Gasteiger partial charge in [0.2, 0.25) is 0 Å². The van der Waals surface area contributed by atoms with E-state index in [2.05, 4.69) is 112 Å². The number of hydrogen-bond acceptors (Lipinski definition) is 2. The molecule has 0 aliphatic carbocycles. The molecule has 0 saturated heterocycles. The van der Waals surface area contributed by atoms with Gasteiger partial charge in [-0.05, 0) is 12.8 Å². The summed E-state index contributed by atoms with van der Waals surface area (Å²) < 4.78 is 6.03. The average Bonchev–Trinajstić information content (AvgIpc) is 2.30. The molecular formula is C20H48N2Si4. The molecule has 6 heteroatoms. The van der Waals surface area contributed by atoms with Gasteiger partial charge in [0, 0.05) is 12.1 Å². The summed E-state index contributed by atoms with van der Waals surface area (Å²) in [6, 6.07) is 1.12. The lowest BCUT2D eigenvalue weighted by Crippen LogP contribution is -2.72. The molecule has 0 aliphatic rings. The van der Waals surface area contributed by atoms with Crippen molar-refractivity contribution in [2.75, 3.05) is 0 Å². The lowest BCUT2D eigenvalue weighted by atomic mass is 10.0. The molecule has 0 aromatic carbocycles. The minimum atomic E-state index is -1.46. The molecule has 0 rings (SSSR count). The molecule has 26 heavy (non-hydrogen) atoms. The smallest absolute Gasteiger partial charge is 0.112 e. The van der Waals surface area contributed by atoms with Crippen LogP contribution in [0, 0.1) is 0 Å². The van der Waals surface area contributed by atoms with E-state index in [1.165, 1.54) is 0 Å². The second kappa shape index (κ2) is 9.18. The Hall–Kier alpha value is 0.268. The molecule has 2 atom stereocenters. The summed E-state index contributed by atoms with van der Waals surface area (Å²) in [7, 11) is -5.84. The van der Waals surface area contributed by atoms with Crippen molar-refractivity contribution in [1.82, 2.24) is 8.46 Å². The van der Waals surface area contributed by atoms with E-state index in [1.54, 1.807) is 0 Å². The van der Waals surface area contributed by atoms with Gasteiger partial charge in [-0.25, -0.2) is 0 Å². The highest BCUT2D eigenvalue weighted by Crippen LogP contribution is 2.34. The van der Waals surface area contributed by atoms with Crippen LogP contribution in [0.2, 0.25) is 78.6 Å². The Kier molecular flexibility index (Phi) is 9.27. The first-order valence-electron chi connectivity index (χ1n) is 10.2. The molecule has 0 spiro atoms. The van der Waals surface area contributed by atoms with Gasteiger partial charge in [0.05, 0.1) is 0 Å². The molecule has 0 saturated carbocycles. The largest absolute Gasteiger partial charge is 0.342 e. The van der Waals surface area contributed by atoms with Crippen LogP contribution in [0.25, 0.3) is 0 Å². The predicted molar refractivity (Wildman–Crippen MR) is 134 cm³/mol. The third kappa shape index (κ3) is 7.35. The highest BCUT2D eigenvalue weighted by molar-refractivity contribution is 6.90. The second-order valence-electron chi connectivity index (χ2n) is 11.6. The molecule has 0 bridgehead atoms. The summed E-state index contributed by atoms with van der Waals surface area (Å²) >= 11 is 0. The molecule has 0 aromatic rings. The van der Waals surface area contributed by atoms with Gasteiger partial charge in [-0.1, -0.05) is 90.7 Å². The Morgan fingerprint density at radius 3 is 0.846 bits per heavy atom. The lowest BCUT2D eigenvalue weighted by molar-refractivity contribution is 0.283. The summed E-state index contributed by atoms with van der Waals surface area (Å²) in [5.41, 5.74) is 0. The molecular weight excluding hydrogens is 381 g/mol. The van der Waals surface area contributed by atoms with Crippen molar-refractivity contribution < 1.29 is 0 Å². The summed E-state index contributed by atoms with van der Waals surface area (Å²) in [4.78, 5) is 0. The minimum absolute atomic E-state index is 0.558. The topological polar surface area (TPSA) is 6.48 Å². The molecule has 2 nitrogen and oxygen atoms in total. The zero-order valence-electron chi connectivity index (χ0n) is 20.0. The lowest BCUT2D eigenvalue weighted by Gasteiger charge is -2.57. The SMILES string of the molecule is C=CCC(C(CC=C)N([Si](C)(C)C)[Si](C)(C)C)N([Si](C)(C)C)[Si](C)(C)C. The molecule has 0 aromatic heterocycles. The maximum Gasteiger partial charge on any atom is 0.112 e. The van der Waals surface area contributed by atoms with E-state index in [0.717, 1.165) is 12.8 Å². The molecule has 0 radical (unpaired) electrons. The van der Waals surface area contributed by atoms with E-state index < -0.39 is 32.9 Å². The van der Waals surface area contributed by atoms with Crippen LogP contribution in [0.15, 0.2) is 25.3 Å². The quantitative estimate of drug-likeness (QED) is 0.263. The van der Waals surface area contributed by atoms with Crippen LogP contribution in [0.3, 0.4) is 0 Å². The summed E-state index contributed by atoms with van der Waals surface area (Å²) in [5, 5.41) is 0. The van der Waals surface area contributed by atoms with Crippen molar-refractivity contribution in [1.29, 1.82) is 0 Å². The first-order valence-corrected chi connectivity index (χ1v) is 24.0. The van der Waals surface area contributed by atoms with Crippen molar-refractivity contribution >= 4 is 32.9 Å². The van der Waals surface area contributed by atoms with Crippen LogP contribution >= 0.6 is 0 Å². The maximum absolute atomic E-state index is 4.16. The fourth-order valence-corrected chi connectivity index (χ4v) is 26.4.